The number of aromatic nitrogens is 2. The molecule has 0 amide bonds. The molecule has 4 nitrogen and oxygen atoms in total. The van der Waals surface area contributed by atoms with Gasteiger partial charge in [0.2, 0.25) is 0 Å². The lowest BCUT2D eigenvalue weighted by molar-refractivity contribution is 0.415. The van der Waals surface area contributed by atoms with Gasteiger partial charge in [-0.15, -0.1) is 0 Å². The average Bonchev–Trinajstić information content (AvgIpc) is 2.39. The van der Waals surface area contributed by atoms with Crippen LogP contribution in [0.3, 0.4) is 0 Å². The Kier molecular flexibility index (Phi) is 3.44. The smallest absolute Gasteiger partial charge is 0.138 e. The van der Waals surface area contributed by atoms with Crippen molar-refractivity contribution in [1.29, 1.82) is 0 Å². The van der Waals surface area contributed by atoms with Crippen LogP contribution in [0.5, 0.6) is 5.75 Å². The van der Waals surface area contributed by atoms with Crippen LogP contribution in [0.4, 0.5) is 5.82 Å². The molecule has 0 radical (unpaired) electrons. The van der Waals surface area contributed by atoms with E-state index >= 15 is 0 Å². The number of ether oxygens (including phenoxy) is 1. The Labute approximate surface area is 105 Å². The Bertz CT molecular complexity index is 531. The lowest BCUT2D eigenvalue weighted by Crippen LogP contribution is -1.94. The summed E-state index contributed by atoms with van der Waals surface area (Å²) >= 11 is 5.97. The van der Waals surface area contributed by atoms with Crippen LogP contribution in [0, 0.1) is 0 Å². The van der Waals surface area contributed by atoms with Gasteiger partial charge < -0.3 is 10.1 Å². The van der Waals surface area contributed by atoms with Gasteiger partial charge in [-0.05, 0) is 12.1 Å². The predicted octanol–water partition coefficient (Wildman–Crippen LogP) is 2.85. The van der Waals surface area contributed by atoms with Crippen LogP contribution in [0.25, 0.3) is 11.3 Å². The number of halogens is 1. The summed E-state index contributed by atoms with van der Waals surface area (Å²) < 4.78 is 5.17. The lowest BCUT2D eigenvalue weighted by Gasteiger charge is -2.07. The monoisotopic (exact) mass is 249 g/mol. The third-order valence-corrected chi connectivity index (χ3v) is 2.68. The zero-order valence-corrected chi connectivity index (χ0v) is 10.3. The number of hydrogen-bond acceptors (Lipinski definition) is 4. The number of anilines is 1. The Morgan fingerprint density at radius 3 is 2.76 bits per heavy atom. The van der Waals surface area contributed by atoms with Crippen molar-refractivity contribution in [3.63, 3.8) is 0 Å². The number of nitrogens with one attached hydrogen (secondary N) is 1. The molecule has 0 bridgehead atoms. The SMILES string of the molecule is CNc1cc(-c2ccc(Cl)c(OC)c2)ncn1. The minimum absolute atomic E-state index is 0.583. The molecular weight excluding hydrogens is 238 g/mol. The highest BCUT2D eigenvalue weighted by Gasteiger charge is 2.05. The minimum atomic E-state index is 0.583. The first-order chi connectivity index (χ1) is 8.24. The predicted molar refractivity (Wildman–Crippen MR) is 68.6 cm³/mol. The van der Waals surface area contributed by atoms with Crippen LogP contribution < -0.4 is 10.1 Å². The second-order valence-electron chi connectivity index (χ2n) is 3.39. The summed E-state index contributed by atoms with van der Waals surface area (Å²) in [5.74, 6) is 1.40. The molecule has 1 aromatic carbocycles. The molecule has 0 aliphatic carbocycles. The van der Waals surface area contributed by atoms with E-state index in [1.165, 1.54) is 6.33 Å². The topological polar surface area (TPSA) is 47.0 Å². The summed E-state index contributed by atoms with van der Waals surface area (Å²) in [5, 5.41) is 3.55. The average molecular weight is 250 g/mol. The maximum Gasteiger partial charge on any atom is 0.138 e. The summed E-state index contributed by atoms with van der Waals surface area (Å²) in [6, 6.07) is 7.40. The van der Waals surface area contributed by atoms with Gasteiger partial charge in [0, 0.05) is 18.7 Å². The van der Waals surface area contributed by atoms with Crippen molar-refractivity contribution < 1.29 is 4.74 Å². The van der Waals surface area contributed by atoms with Gasteiger partial charge in [0.25, 0.3) is 0 Å². The molecule has 0 fully saturated rings. The van der Waals surface area contributed by atoms with E-state index in [0.717, 1.165) is 17.1 Å². The van der Waals surface area contributed by atoms with Crippen LogP contribution >= 0.6 is 11.6 Å². The summed E-state index contributed by atoms with van der Waals surface area (Å²) in [4.78, 5) is 8.28. The van der Waals surface area contributed by atoms with Gasteiger partial charge in [-0.25, -0.2) is 9.97 Å². The first-order valence-electron chi connectivity index (χ1n) is 5.08. The van der Waals surface area contributed by atoms with Gasteiger partial charge in [-0.3, -0.25) is 0 Å². The molecule has 17 heavy (non-hydrogen) atoms. The fraction of sp³-hybridized carbons (Fsp3) is 0.167. The van der Waals surface area contributed by atoms with Gasteiger partial charge in [0.05, 0.1) is 17.8 Å². The van der Waals surface area contributed by atoms with Crippen LogP contribution in [0.1, 0.15) is 0 Å². The quantitative estimate of drug-likeness (QED) is 0.909. The van der Waals surface area contributed by atoms with E-state index in [0.29, 0.717) is 10.8 Å². The molecule has 1 aromatic heterocycles. The molecule has 1 heterocycles. The van der Waals surface area contributed by atoms with Crippen molar-refractivity contribution in [2.75, 3.05) is 19.5 Å². The van der Waals surface area contributed by atoms with E-state index in [2.05, 4.69) is 15.3 Å². The molecule has 88 valence electrons. The second-order valence-corrected chi connectivity index (χ2v) is 3.80. The normalized spacial score (nSPS) is 10.1. The molecule has 0 aliphatic rings. The van der Waals surface area contributed by atoms with Crippen LogP contribution in [-0.4, -0.2) is 24.1 Å². The van der Waals surface area contributed by atoms with Gasteiger partial charge in [-0.2, -0.15) is 0 Å². The van der Waals surface area contributed by atoms with Crippen molar-refractivity contribution in [2.24, 2.45) is 0 Å². The molecule has 2 aromatic rings. The third-order valence-electron chi connectivity index (χ3n) is 2.37. The molecule has 0 spiro atoms. The van der Waals surface area contributed by atoms with Crippen molar-refractivity contribution in [1.82, 2.24) is 9.97 Å². The third kappa shape index (κ3) is 2.47. The Balaban J connectivity index is 2.45. The highest BCUT2D eigenvalue weighted by molar-refractivity contribution is 6.32. The maximum atomic E-state index is 5.97. The maximum absolute atomic E-state index is 5.97. The number of hydrogen-bond donors (Lipinski definition) is 1. The standard InChI is InChI=1S/C12H12ClN3O/c1-14-12-6-10(15-7-16-12)8-3-4-9(13)11(5-8)17-2/h3-7H,1-2H3,(H,14,15,16). The molecule has 5 heteroatoms. The summed E-state index contributed by atoms with van der Waals surface area (Å²) in [7, 11) is 3.40. The van der Waals surface area contributed by atoms with Crippen molar-refractivity contribution >= 4 is 17.4 Å². The molecule has 0 saturated heterocycles. The molecule has 0 atom stereocenters. The van der Waals surface area contributed by atoms with Crippen molar-refractivity contribution in [3.8, 4) is 17.0 Å². The van der Waals surface area contributed by atoms with Gasteiger partial charge >= 0.3 is 0 Å². The zero-order chi connectivity index (χ0) is 12.3. The summed E-state index contributed by atoms with van der Waals surface area (Å²) in [6.07, 6.45) is 1.52. The molecule has 0 unspecified atom stereocenters. The van der Waals surface area contributed by atoms with E-state index in [-0.39, 0.29) is 0 Å². The Morgan fingerprint density at radius 1 is 1.24 bits per heavy atom. The first-order valence-corrected chi connectivity index (χ1v) is 5.46. The summed E-state index contributed by atoms with van der Waals surface area (Å²) in [6.45, 7) is 0. The molecule has 2 rings (SSSR count). The van der Waals surface area contributed by atoms with Crippen LogP contribution in [0.15, 0.2) is 30.6 Å². The van der Waals surface area contributed by atoms with E-state index in [4.69, 9.17) is 16.3 Å². The zero-order valence-electron chi connectivity index (χ0n) is 9.57. The molecule has 1 N–H and O–H groups in total. The highest BCUT2D eigenvalue weighted by atomic mass is 35.5. The van der Waals surface area contributed by atoms with Crippen molar-refractivity contribution in [3.05, 3.63) is 35.6 Å². The van der Waals surface area contributed by atoms with Crippen molar-refractivity contribution in [2.45, 2.75) is 0 Å². The van der Waals surface area contributed by atoms with Crippen LogP contribution in [0.2, 0.25) is 5.02 Å². The largest absolute Gasteiger partial charge is 0.495 e. The van der Waals surface area contributed by atoms with Gasteiger partial charge in [0.1, 0.15) is 17.9 Å². The molecular formula is C12H12ClN3O. The van der Waals surface area contributed by atoms with E-state index in [9.17, 15) is 0 Å². The van der Waals surface area contributed by atoms with Gasteiger partial charge in [-0.1, -0.05) is 17.7 Å². The summed E-state index contributed by atoms with van der Waals surface area (Å²) in [5.41, 5.74) is 1.75. The number of rotatable bonds is 3. The minimum Gasteiger partial charge on any atom is -0.495 e. The fourth-order valence-electron chi connectivity index (χ4n) is 1.47. The second kappa shape index (κ2) is 5.01. The van der Waals surface area contributed by atoms with E-state index in [1.807, 2.05) is 25.2 Å². The van der Waals surface area contributed by atoms with Gasteiger partial charge in [0.15, 0.2) is 0 Å². The lowest BCUT2D eigenvalue weighted by atomic mass is 10.1. The van der Waals surface area contributed by atoms with E-state index < -0.39 is 0 Å². The molecule has 0 saturated carbocycles. The van der Waals surface area contributed by atoms with E-state index in [1.54, 1.807) is 13.2 Å². The number of nitrogens with zero attached hydrogens (tertiary/aromatic N) is 2. The molecule has 0 aliphatic heterocycles. The number of methoxy groups -OCH3 is 1. The highest BCUT2D eigenvalue weighted by Crippen LogP contribution is 2.29. The number of benzene rings is 1. The Morgan fingerprint density at radius 2 is 2.06 bits per heavy atom. The Hall–Kier alpha value is -1.81. The first kappa shape index (κ1) is 11.7. The van der Waals surface area contributed by atoms with Crippen LogP contribution in [-0.2, 0) is 0 Å². The fourth-order valence-corrected chi connectivity index (χ4v) is 1.67.